The molecule has 1 fully saturated rings. The van der Waals surface area contributed by atoms with Gasteiger partial charge in [-0.25, -0.2) is 4.79 Å². The predicted octanol–water partition coefficient (Wildman–Crippen LogP) is 3.13. The maximum Gasteiger partial charge on any atom is 0.416 e. The van der Waals surface area contributed by atoms with Gasteiger partial charge in [0.2, 0.25) is 0 Å². The maximum absolute atomic E-state index is 13.3. The van der Waals surface area contributed by atoms with Crippen molar-refractivity contribution in [2.24, 2.45) is 7.05 Å². The number of methoxy groups -OCH3 is 1. The highest BCUT2D eigenvalue weighted by atomic mass is 19.4. The highest BCUT2D eigenvalue weighted by molar-refractivity contribution is 5.94. The van der Waals surface area contributed by atoms with E-state index in [0.29, 0.717) is 22.2 Å². The molecule has 1 aliphatic rings. The molecule has 0 radical (unpaired) electrons. The summed E-state index contributed by atoms with van der Waals surface area (Å²) in [5, 5.41) is 7.09. The number of hydrogen-bond donors (Lipinski definition) is 3. The van der Waals surface area contributed by atoms with Gasteiger partial charge >= 0.3 is 11.9 Å². The Morgan fingerprint density at radius 2 is 1.88 bits per heavy atom. The second-order valence-corrected chi connectivity index (χ2v) is 8.33. The predicted molar refractivity (Wildman–Crippen MR) is 127 cm³/mol. The van der Waals surface area contributed by atoms with Crippen molar-refractivity contribution < 1.29 is 17.9 Å². The number of ether oxygens (including phenoxy) is 1. The summed E-state index contributed by atoms with van der Waals surface area (Å²) in [6, 6.07) is 6.51. The van der Waals surface area contributed by atoms with Crippen LogP contribution in [0.4, 0.5) is 30.4 Å². The van der Waals surface area contributed by atoms with E-state index in [1.807, 2.05) is 6.07 Å². The summed E-state index contributed by atoms with van der Waals surface area (Å²) in [4.78, 5) is 18.9. The maximum atomic E-state index is 13.3. The lowest BCUT2D eigenvalue weighted by Crippen LogP contribution is -2.43. The summed E-state index contributed by atoms with van der Waals surface area (Å²) in [5.41, 5.74) is 6.19. The number of fused-ring (bicyclic) bond motifs is 1. The zero-order chi connectivity index (χ0) is 24.6. The minimum atomic E-state index is -4.52. The Labute approximate surface area is 194 Å². The van der Waals surface area contributed by atoms with Gasteiger partial charge in [0.25, 0.3) is 0 Å². The molecule has 1 saturated heterocycles. The average Bonchev–Trinajstić information content (AvgIpc) is 2.81. The monoisotopic (exact) mass is 476 g/mol. The number of aromatic nitrogens is 2. The number of alkyl halides is 3. The van der Waals surface area contributed by atoms with Gasteiger partial charge in [0.05, 0.1) is 29.9 Å². The van der Waals surface area contributed by atoms with E-state index in [-0.39, 0.29) is 11.5 Å². The smallest absolute Gasteiger partial charge is 0.416 e. The van der Waals surface area contributed by atoms with Crippen LogP contribution in [0.2, 0.25) is 0 Å². The molecule has 0 spiro atoms. The molecule has 2 aromatic carbocycles. The summed E-state index contributed by atoms with van der Waals surface area (Å²) in [6.45, 7) is 4.91. The molecular weight excluding hydrogens is 449 g/mol. The quantitative estimate of drug-likeness (QED) is 0.487. The van der Waals surface area contributed by atoms with E-state index < -0.39 is 23.5 Å². The van der Waals surface area contributed by atoms with E-state index in [9.17, 15) is 18.0 Å². The normalized spacial score (nSPS) is 15.4. The molecule has 182 valence electrons. The van der Waals surface area contributed by atoms with Crippen LogP contribution in [0.15, 0.2) is 35.1 Å². The molecule has 2 heterocycles. The zero-order valence-electron chi connectivity index (χ0n) is 19.2. The number of nitrogens with zero attached hydrogens (tertiary/aromatic N) is 3. The SMILES string of the molecule is COc1cc2c(cc1N1CCNCC1)c(NC(C)c1cc(N)cc(C(F)(F)F)c1)nc(=O)n2C. The van der Waals surface area contributed by atoms with Crippen molar-refractivity contribution in [2.75, 3.05) is 49.2 Å². The Bertz CT molecular complexity index is 1270. The van der Waals surface area contributed by atoms with E-state index >= 15 is 0 Å². The largest absolute Gasteiger partial charge is 0.495 e. The van der Waals surface area contributed by atoms with Crippen molar-refractivity contribution in [3.8, 4) is 5.75 Å². The third-order valence-corrected chi connectivity index (χ3v) is 6.02. The summed E-state index contributed by atoms with van der Waals surface area (Å²) in [5.74, 6) is 0.904. The lowest BCUT2D eigenvalue weighted by molar-refractivity contribution is -0.137. The highest BCUT2D eigenvalue weighted by Crippen LogP contribution is 2.37. The molecule has 3 aromatic rings. The van der Waals surface area contributed by atoms with Crippen molar-refractivity contribution in [2.45, 2.75) is 19.1 Å². The lowest BCUT2D eigenvalue weighted by Gasteiger charge is -2.31. The van der Waals surface area contributed by atoms with Crippen LogP contribution in [0.1, 0.15) is 24.1 Å². The van der Waals surface area contributed by atoms with Crippen LogP contribution in [0, 0.1) is 0 Å². The van der Waals surface area contributed by atoms with Crippen LogP contribution in [0.5, 0.6) is 5.75 Å². The molecule has 0 saturated carbocycles. The summed E-state index contributed by atoms with van der Waals surface area (Å²) in [6.07, 6.45) is -4.52. The Kier molecular flexibility index (Phi) is 6.30. The van der Waals surface area contributed by atoms with Crippen LogP contribution in [-0.4, -0.2) is 42.8 Å². The van der Waals surface area contributed by atoms with Gasteiger partial charge in [0, 0.05) is 50.4 Å². The molecule has 1 atom stereocenters. The van der Waals surface area contributed by atoms with Crippen LogP contribution in [0.3, 0.4) is 0 Å². The lowest BCUT2D eigenvalue weighted by atomic mass is 10.0. The van der Waals surface area contributed by atoms with Gasteiger partial charge in [0.15, 0.2) is 0 Å². The first kappa shape index (κ1) is 23.7. The van der Waals surface area contributed by atoms with Gasteiger partial charge < -0.3 is 26.0 Å². The summed E-state index contributed by atoms with van der Waals surface area (Å²) < 4.78 is 46.9. The van der Waals surface area contributed by atoms with Crippen LogP contribution in [0.25, 0.3) is 10.9 Å². The molecule has 0 bridgehead atoms. The van der Waals surface area contributed by atoms with E-state index in [1.54, 1.807) is 27.1 Å². The molecule has 8 nitrogen and oxygen atoms in total. The summed E-state index contributed by atoms with van der Waals surface area (Å²) >= 11 is 0. The molecule has 0 amide bonds. The van der Waals surface area contributed by atoms with Crippen LogP contribution in [-0.2, 0) is 13.2 Å². The second kappa shape index (κ2) is 9.05. The van der Waals surface area contributed by atoms with Crippen molar-refractivity contribution in [3.05, 3.63) is 51.9 Å². The first-order valence-electron chi connectivity index (χ1n) is 10.9. The van der Waals surface area contributed by atoms with E-state index in [0.717, 1.165) is 44.0 Å². The number of anilines is 3. The van der Waals surface area contributed by atoms with Gasteiger partial charge in [-0.05, 0) is 36.8 Å². The molecule has 4 rings (SSSR count). The minimum Gasteiger partial charge on any atom is -0.495 e. The van der Waals surface area contributed by atoms with Crippen LogP contribution >= 0.6 is 0 Å². The number of hydrogen-bond acceptors (Lipinski definition) is 7. The number of benzene rings is 2. The van der Waals surface area contributed by atoms with E-state index in [1.165, 1.54) is 10.6 Å². The number of nitrogens with one attached hydrogen (secondary N) is 2. The fraction of sp³-hybridized carbons (Fsp3) is 0.391. The topological polar surface area (TPSA) is 97.4 Å². The van der Waals surface area contributed by atoms with Crippen molar-refractivity contribution in [3.63, 3.8) is 0 Å². The average molecular weight is 477 g/mol. The van der Waals surface area contributed by atoms with Crippen molar-refractivity contribution in [1.82, 2.24) is 14.9 Å². The number of nitrogens with two attached hydrogens (primary N) is 1. The molecule has 0 aliphatic carbocycles. The molecule has 4 N–H and O–H groups in total. The minimum absolute atomic E-state index is 0.00555. The zero-order valence-corrected chi connectivity index (χ0v) is 19.2. The van der Waals surface area contributed by atoms with Crippen molar-refractivity contribution >= 4 is 28.1 Å². The first-order valence-corrected chi connectivity index (χ1v) is 10.9. The van der Waals surface area contributed by atoms with Gasteiger partial charge in [-0.3, -0.25) is 4.57 Å². The van der Waals surface area contributed by atoms with E-state index in [4.69, 9.17) is 10.5 Å². The standard InChI is InChI=1S/C23H27F3N6O2/c1-13(14-8-15(23(24,25)26)10-16(27)9-14)29-21-17-11-19(32-6-4-28-5-7-32)20(34-3)12-18(17)31(2)22(33)30-21/h8-13,28H,4-7,27H2,1-3H3,(H,29,30,33). The first-order chi connectivity index (χ1) is 16.1. The Hall–Kier alpha value is -3.47. The number of nitrogen functional groups attached to an aromatic ring is 1. The molecule has 34 heavy (non-hydrogen) atoms. The number of aryl methyl sites for hydroxylation is 1. The number of halogens is 3. The second-order valence-electron chi connectivity index (χ2n) is 8.33. The highest BCUT2D eigenvalue weighted by Gasteiger charge is 2.31. The Morgan fingerprint density at radius 1 is 1.18 bits per heavy atom. The molecule has 1 aromatic heterocycles. The summed E-state index contributed by atoms with van der Waals surface area (Å²) in [7, 11) is 3.19. The molecular formula is C23H27F3N6O2. The molecule has 11 heteroatoms. The Balaban J connectivity index is 1.80. The Morgan fingerprint density at radius 3 is 2.53 bits per heavy atom. The number of piperazine rings is 1. The third kappa shape index (κ3) is 4.60. The third-order valence-electron chi connectivity index (χ3n) is 6.02. The van der Waals surface area contributed by atoms with Crippen LogP contribution < -0.4 is 31.7 Å². The fourth-order valence-electron chi connectivity index (χ4n) is 4.16. The fourth-order valence-corrected chi connectivity index (χ4v) is 4.16. The van der Waals surface area contributed by atoms with Gasteiger partial charge in [0.1, 0.15) is 11.6 Å². The molecule has 1 unspecified atom stereocenters. The van der Waals surface area contributed by atoms with Gasteiger partial charge in [-0.1, -0.05) is 0 Å². The molecule has 1 aliphatic heterocycles. The van der Waals surface area contributed by atoms with E-state index in [2.05, 4.69) is 20.5 Å². The van der Waals surface area contributed by atoms with Gasteiger partial charge in [-0.15, -0.1) is 0 Å². The van der Waals surface area contributed by atoms with Gasteiger partial charge in [-0.2, -0.15) is 18.2 Å². The number of rotatable bonds is 5. The van der Waals surface area contributed by atoms with Crippen molar-refractivity contribution in [1.29, 1.82) is 0 Å².